The first-order valence-corrected chi connectivity index (χ1v) is 13.0. The van der Waals surface area contributed by atoms with E-state index in [2.05, 4.69) is 44.9 Å². The van der Waals surface area contributed by atoms with Crippen LogP contribution in [0.4, 0.5) is 11.5 Å². The highest BCUT2D eigenvalue weighted by Gasteiger charge is 2.27. The van der Waals surface area contributed by atoms with Crippen LogP contribution in [0.3, 0.4) is 0 Å². The minimum Gasteiger partial charge on any atom is -0.377 e. The summed E-state index contributed by atoms with van der Waals surface area (Å²) in [5.41, 5.74) is 2.63. The predicted octanol–water partition coefficient (Wildman–Crippen LogP) is 2.43. The number of aryl methyl sites for hydroxylation is 1. The number of fused-ring (bicyclic) bond motifs is 1. The van der Waals surface area contributed by atoms with Crippen LogP contribution in [0.1, 0.15) is 28.2 Å². The number of anilines is 2. The summed E-state index contributed by atoms with van der Waals surface area (Å²) in [6.07, 6.45) is 2.60. The van der Waals surface area contributed by atoms with Gasteiger partial charge in [0.25, 0.3) is 5.91 Å². The summed E-state index contributed by atoms with van der Waals surface area (Å²) in [5.74, 6) is 1.28. The van der Waals surface area contributed by atoms with Crippen molar-refractivity contribution in [3.8, 4) is 0 Å². The van der Waals surface area contributed by atoms with Gasteiger partial charge in [-0.3, -0.25) is 4.79 Å². The molecular formula is C24H29N5O2SSi. The number of nitrogens with one attached hydrogen (secondary N) is 1. The number of thiophene rings is 1. The molecule has 172 valence electrons. The molecule has 0 bridgehead atoms. The predicted molar refractivity (Wildman–Crippen MR) is 135 cm³/mol. The molecule has 0 fully saturated rings. The smallest absolute Gasteiger partial charge is 0.263 e. The zero-order chi connectivity index (χ0) is 23.2. The van der Waals surface area contributed by atoms with Crippen LogP contribution in [-0.4, -0.2) is 64.9 Å². The average molecular weight is 480 g/mol. The minimum atomic E-state index is -0.0708. The standard InChI is InChI=1S/C24H29N5O2SSi/c1-17-26-15-20-23(27-17)28(3)11-12-29(24(20)30)19-7-4-6-18(14-19)16-31-21(9-10-25-2)33-22-8-5-13-32-22/h4-8,13-15,21,25H,9-12,16H2,1-3H3/t21-/m1/s1. The van der Waals surface area contributed by atoms with Gasteiger partial charge in [-0.2, -0.15) is 11.3 Å². The molecule has 1 N–H and O–H groups in total. The van der Waals surface area contributed by atoms with Gasteiger partial charge in [-0.25, -0.2) is 9.97 Å². The van der Waals surface area contributed by atoms with E-state index in [1.54, 1.807) is 17.5 Å². The van der Waals surface area contributed by atoms with Gasteiger partial charge in [0.15, 0.2) is 0 Å². The number of nitrogens with zero attached hydrogens (tertiary/aromatic N) is 4. The van der Waals surface area contributed by atoms with Crippen LogP contribution in [0.5, 0.6) is 0 Å². The SMILES string of the molecule is CNCC[C@H](OCc1cccc(N2CCN(C)c3nc(C)ncc3C2=O)c1)[Si]c1cccs1. The normalized spacial score (nSPS) is 14.8. The van der Waals surface area contributed by atoms with E-state index in [1.165, 1.54) is 4.50 Å². The highest BCUT2D eigenvalue weighted by atomic mass is 32.1. The molecule has 7 nitrogen and oxygen atoms in total. The molecule has 9 heteroatoms. The summed E-state index contributed by atoms with van der Waals surface area (Å²) < 4.78 is 7.69. The molecule has 33 heavy (non-hydrogen) atoms. The van der Waals surface area contributed by atoms with Gasteiger partial charge in [-0.05, 0) is 54.5 Å². The molecule has 0 spiro atoms. The van der Waals surface area contributed by atoms with Crippen LogP contribution in [0.15, 0.2) is 48.0 Å². The second-order valence-electron chi connectivity index (χ2n) is 8.02. The number of hydrogen-bond acceptors (Lipinski definition) is 7. The van der Waals surface area contributed by atoms with Crippen LogP contribution in [0.2, 0.25) is 0 Å². The van der Waals surface area contributed by atoms with Crippen LogP contribution >= 0.6 is 11.3 Å². The lowest BCUT2D eigenvalue weighted by atomic mass is 10.1. The van der Waals surface area contributed by atoms with Gasteiger partial charge in [-0.15, -0.1) is 0 Å². The second kappa shape index (κ2) is 11.0. The number of aromatic nitrogens is 2. The molecule has 3 aromatic rings. The van der Waals surface area contributed by atoms with E-state index in [1.807, 2.05) is 43.0 Å². The molecule has 4 rings (SSSR count). The lowest BCUT2D eigenvalue weighted by Gasteiger charge is -2.22. The van der Waals surface area contributed by atoms with Gasteiger partial charge in [0.2, 0.25) is 0 Å². The number of hydrogen-bond donors (Lipinski definition) is 1. The maximum Gasteiger partial charge on any atom is 0.263 e. The highest BCUT2D eigenvalue weighted by Crippen LogP contribution is 2.26. The number of likely N-dealkylation sites (N-methyl/N-ethyl adjacent to an activating group) is 1. The zero-order valence-electron chi connectivity index (χ0n) is 19.2. The van der Waals surface area contributed by atoms with E-state index < -0.39 is 0 Å². The highest BCUT2D eigenvalue weighted by molar-refractivity contribution is 7.19. The average Bonchev–Trinajstić information content (AvgIpc) is 3.30. The maximum atomic E-state index is 13.4. The molecule has 0 saturated carbocycles. The third kappa shape index (κ3) is 5.86. The summed E-state index contributed by atoms with van der Waals surface area (Å²) in [4.78, 5) is 25.9. The van der Waals surface area contributed by atoms with Crippen molar-refractivity contribution in [3.63, 3.8) is 0 Å². The molecule has 2 radical (unpaired) electrons. The second-order valence-corrected chi connectivity index (χ2v) is 10.8. The van der Waals surface area contributed by atoms with Crippen molar-refractivity contribution in [2.75, 3.05) is 43.5 Å². The molecule has 1 aliphatic rings. The quantitative estimate of drug-likeness (QED) is 0.476. The zero-order valence-corrected chi connectivity index (χ0v) is 21.1. The van der Waals surface area contributed by atoms with Crippen molar-refractivity contribution < 1.29 is 9.53 Å². The molecule has 0 saturated heterocycles. The van der Waals surface area contributed by atoms with Crippen LogP contribution in [-0.2, 0) is 11.3 Å². The molecule has 2 aromatic heterocycles. The summed E-state index contributed by atoms with van der Waals surface area (Å²) in [5, 5.41) is 5.34. The molecular weight excluding hydrogens is 450 g/mol. The lowest BCUT2D eigenvalue weighted by Crippen LogP contribution is -2.34. The first-order valence-electron chi connectivity index (χ1n) is 11.1. The third-order valence-corrected chi connectivity index (χ3v) is 8.16. The molecule has 1 aromatic carbocycles. The van der Waals surface area contributed by atoms with E-state index in [0.29, 0.717) is 46.4 Å². The first kappa shape index (κ1) is 23.6. The van der Waals surface area contributed by atoms with Crippen molar-refractivity contribution >= 4 is 42.8 Å². The van der Waals surface area contributed by atoms with Crippen LogP contribution in [0, 0.1) is 6.92 Å². The monoisotopic (exact) mass is 479 g/mol. The van der Waals surface area contributed by atoms with E-state index >= 15 is 0 Å². The Kier molecular flexibility index (Phi) is 7.87. The first-order chi connectivity index (χ1) is 16.0. The Balaban J connectivity index is 1.48. The minimum absolute atomic E-state index is 0.0708. The summed E-state index contributed by atoms with van der Waals surface area (Å²) >= 11 is 1.78. The van der Waals surface area contributed by atoms with Gasteiger partial charge in [0, 0.05) is 32.0 Å². The Labute approximate surface area is 201 Å². The lowest BCUT2D eigenvalue weighted by molar-refractivity contribution is 0.0870. The Morgan fingerprint density at radius 3 is 2.94 bits per heavy atom. The number of carbonyl (C=O) groups excluding carboxylic acids is 1. The Morgan fingerprint density at radius 2 is 2.15 bits per heavy atom. The largest absolute Gasteiger partial charge is 0.377 e. The van der Waals surface area contributed by atoms with E-state index in [9.17, 15) is 4.79 Å². The van der Waals surface area contributed by atoms with Gasteiger partial charge in [-0.1, -0.05) is 24.3 Å². The Morgan fingerprint density at radius 1 is 1.27 bits per heavy atom. The summed E-state index contributed by atoms with van der Waals surface area (Å²) in [6.45, 7) is 4.55. The summed E-state index contributed by atoms with van der Waals surface area (Å²) in [6, 6.07) is 12.3. The molecule has 1 aliphatic heterocycles. The van der Waals surface area contributed by atoms with Crippen molar-refractivity contribution in [1.29, 1.82) is 0 Å². The molecule has 1 amide bonds. The van der Waals surface area contributed by atoms with E-state index in [4.69, 9.17) is 4.74 Å². The fourth-order valence-corrected chi connectivity index (χ4v) is 6.05. The molecule has 0 aliphatic carbocycles. The molecule has 1 atom stereocenters. The fraction of sp³-hybridized carbons (Fsp3) is 0.375. The maximum absolute atomic E-state index is 13.4. The van der Waals surface area contributed by atoms with Crippen molar-refractivity contribution in [2.24, 2.45) is 0 Å². The third-order valence-electron chi connectivity index (χ3n) is 5.54. The summed E-state index contributed by atoms with van der Waals surface area (Å²) in [7, 11) is 4.56. The van der Waals surface area contributed by atoms with Gasteiger partial charge >= 0.3 is 0 Å². The number of rotatable bonds is 9. The van der Waals surface area contributed by atoms with E-state index in [0.717, 1.165) is 24.2 Å². The topological polar surface area (TPSA) is 70.6 Å². The van der Waals surface area contributed by atoms with Gasteiger partial charge < -0.3 is 19.9 Å². The number of benzene rings is 1. The number of ether oxygens (including phenoxy) is 1. The van der Waals surface area contributed by atoms with Gasteiger partial charge in [0.1, 0.15) is 26.7 Å². The van der Waals surface area contributed by atoms with Crippen molar-refractivity contribution in [3.05, 3.63) is 64.9 Å². The van der Waals surface area contributed by atoms with Gasteiger partial charge in [0.05, 0.1) is 12.3 Å². The number of carbonyl (C=O) groups is 1. The molecule has 0 unspecified atom stereocenters. The van der Waals surface area contributed by atoms with E-state index in [-0.39, 0.29) is 11.6 Å². The van der Waals surface area contributed by atoms with Crippen molar-refractivity contribution in [1.82, 2.24) is 15.3 Å². The molecule has 3 heterocycles. The van der Waals surface area contributed by atoms with Crippen molar-refractivity contribution in [2.45, 2.75) is 25.7 Å². The number of amides is 1. The Bertz CT molecular complexity index is 1080. The van der Waals surface area contributed by atoms with Crippen LogP contribution in [0.25, 0.3) is 0 Å². The fourth-order valence-electron chi connectivity index (χ4n) is 3.75. The van der Waals surface area contributed by atoms with Crippen LogP contribution < -0.4 is 19.6 Å². The Hall–Kier alpha value is -2.59.